The van der Waals surface area contributed by atoms with Crippen molar-refractivity contribution < 1.29 is 22.4 Å². The smallest absolute Gasteiger partial charge is 0.418 e. The number of furan rings is 1. The van der Waals surface area contributed by atoms with Crippen molar-refractivity contribution in [1.82, 2.24) is 5.32 Å². The molecule has 0 radical (unpaired) electrons. The number of carbonyl (C=O) groups is 1. The van der Waals surface area contributed by atoms with Crippen LogP contribution in [-0.2, 0) is 6.18 Å². The fourth-order valence-corrected chi connectivity index (χ4v) is 3.43. The van der Waals surface area contributed by atoms with Gasteiger partial charge in [-0.05, 0) is 83.3 Å². The average molecular weight is 585 g/mol. The van der Waals surface area contributed by atoms with Gasteiger partial charge in [-0.25, -0.2) is 0 Å². The maximum Gasteiger partial charge on any atom is 0.418 e. The molecule has 30 heavy (non-hydrogen) atoms. The zero-order chi connectivity index (χ0) is 22.1. The fourth-order valence-electron chi connectivity index (χ4n) is 2.44. The van der Waals surface area contributed by atoms with E-state index in [4.69, 9.17) is 39.8 Å². The van der Waals surface area contributed by atoms with Crippen LogP contribution in [0.25, 0.3) is 11.3 Å². The first kappa shape index (κ1) is 22.9. The Morgan fingerprint density at radius 3 is 2.43 bits per heavy atom. The van der Waals surface area contributed by atoms with Gasteiger partial charge in [0.1, 0.15) is 5.76 Å². The molecule has 0 atom stereocenters. The number of thiocarbonyl (C=S) groups is 1. The molecule has 0 saturated carbocycles. The van der Waals surface area contributed by atoms with Crippen molar-refractivity contribution in [3.05, 3.63) is 73.5 Å². The Balaban J connectivity index is 1.72. The molecule has 0 bridgehead atoms. The van der Waals surface area contributed by atoms with Gasteiger partial charge in [0.2, 0.25) is 0 Å². The molecule has 1 heterocycles. The summed E-state index contributed by atoms with van der Waals surface area (Å²) in [7, 11) is 0. The van der Waals surface area contributed by atoms with Crippen molar-refractivity contribution in [3.8, 4) is 11.3 Å². The molecule has 0 spiro atoms. The van der Waals surface area contributed by atoms with E-state index < -0.39 is 17.6 Å². The summed E-state index contributed by atoms with van der Waals surface area (Å²) in [6, 6.07) is 11.5. The van der Waals surface area contributed by atoms with Gasteiger partial charge in [-0.1, -0.05) is 23.2 Å². The second-order valence-corrected chi connectivity index (χ2v) is 8.36. The summed E-state index contributed by atoms with van der Waals surface area (Å²) < 4.78 is 45.5. The molecule has 1 aromatic heterocycles. The van der Waals surface area contributed by atoms with Crippen LogP contribution < -0.4 is 10.6 Å². The number of hydrogen-bond donors (Lipinski definition) is 2. The quantitative estimate of drug-likeness (QED) is 0.257. The van der Waals surface area contributed by atoms with E-state index in [0.717, 1.165) is 6.07 Å². The first-order chi connectivity index (χ1) is 14.0. The zero-order valence-electron chi connectivity index (χ0n) is 14.6. The summed E-state index contributed by atoms with van der Waals surface area (Å²) in [6.07, 6.45) is -4.58. The lowest BCUT2D eigenvalue weighted by Gasteiger charge is -2.15. The number of benzene rings is 2. The first-order valence-corrected chi connectivity index (χ1v) is 10.3. The van der Waals surface area contributed by atoms with Crippen LogP contribution in [0.2, 0.25) is 10.0 Å². The van der Waals surface area contributed by atoms with Crippen LogP contribution in [0.3, 0.4) is 0 Å². The molecular weight excluding hydrogens is 575 g/mol. The number of nitrogens with one attached hydrogen (secondary N) is 2. The van der Waals surface area contributed by atoms with Gasteiger partial charge in [0.25, 0.3) is 5.91 Å². The standard InChI is InChI=1S/C19H10Cl2F3IN2O2S/c20-12-3-1-9(7-13(12)21)15-5-6-16(29-15)17(28)27-18(30)26-14-4-2-10(25)8-11(14)19(22,23)24/h1-8H,(H2,26,27,28,30). The highest BCUT2D eigenvalue weighted by atomic mass is 127. The Kier molecular flexibility index (Phi) is 6.95. The minimum Gasteiger partial charge on any atom is -0.451 e. The van der Waals surface area contributed by atoms with Gasteiger partial charge < -0.3 is 9.73 Å². The normalized spacial score (nSPS) is 11.3. The molecule has 3 aromatic rings. The lowest BCUT2D eigenvalue weighted by Crippen LogP contribution is -2.34. The van der Waals surface area contributed by atoms with Crippen LogP contribution in [-0.4, -0.2) is 11.0 Å². The van der Waals surface area contributed by atoms with E-state index in [1.54, 1.807) is 46.9 Å². The predicted octanol–water partition coefficient (Wildman–Crippen LogP) is 7.00. The summed E-state index contributed by atoms with van der Waals surface area (Å²) in [5.74, 6) is -0.452. The molecule has 4 nitrogen and oxygen atoms in total. The highest BCUT2D eigenvalue weighted by Gasteiger charge is 2.34. The molecule has 2 N–H and O–H groups in total. The summed E-state index contributed by atoms with van der Waals surface area (Å²) in [4.78, 5) is 12.3. The summed E-state index contributed by atoms with van der Waals surface area (Å²) in [5, 5.41) is 5.08. The highest BCUT2D eigenvalue weighted by Crippen LogP contribution is 2.36. The molecule has 3 rings (SSSR count). The fraction of sp³-hybridized carbons (Fsp3) is 0.0526. The summed E-state index contributed by atoms with van der Waals surface area (Å²) >= 11 is 18.6. The van der Waals surface area contributed by atoms with Gasteiger partial charge in [-0.3, -0.25) is 10.1 Å². The molecule has 0 unspecified atom stereocenters. The SMILES string of the molecule is O=C(NC(=S)Nc1ccc(I)cc1C(F)(F)F)c1ccc(-c2ccc(Cl)c(Cl)c2)o1. The van der Waals surface area contributed by atoms with Crippen molar-refractivity contribution in [1.29, 1.82) is 0 Å². The number of halogens is 6. The number of anilines is 1. The van der Waals surface area contributed by atoms with Crippen molar-refractivity contribution in [2.45, 2.75) is 6.18 Å². The number of amides is 1. The molecule has 156 valence electrons. The lowest BCUT2D eigenvalue weighted by molar-refractivity contribution is -0.137. The van der Waals surface area contributed by atoms with Gasteiger partial charge in [0.15, 0.2) is 10.9 Å². The molecule has 0 aliphatic rings. The molecule has 2 aromatic carbocycles. The Morgan fingerprint density at radius 2 is 1.77 bits per heavy atom. The van der Waals surface area contributed by atoms with Crippen LogP contribution in [0.4, 0.5) is 18.9 Å². The summed E-state index contributed by atoms with van der Waals surface area (Å²) in [5.41, 5.74) is -0.576. The van der Waals surface area contributed by atoms with Crippen LogP contribution in [0.5, 0.6) is 0 Å². The zero-order valence-corrected chi connectivity index (χ0v) is 19.1. The third-order valence-corrected chi connectivity index (χ3v) is 5.41. The molecular formula is C19H10Cl2F3IN2O2S. The molecule has 11 heteroatoms. The minimum atomic E-state index is -4.58. The van der Waals surface area contributed by atoms with Crippen LogP contribution in [0, 0.1) is 3.57 Å². The van der Waals surface area contributed by atoms with Crippen LogP contribution in [0.15, 0.2) is 52.9 Å². The van der Waals surface area contributed by atoms with Gasteiger partial charge in [0, 0.05) is 9.13 Å². The predicted molar refractivity (Wildman–Crippen MR) is 122 cm³/mol. The van der Waals surface area contributed by atoms with Gasteiger partial charge in [0.05, 0.1) is 21.3 Å². The van der Waals surface area contributed by atoms with Crippen molar-refractivity contribution in [3.63, 3.8) is 0 Å². The molecule has 0 aliphatic heterocycles. The van der Waals surface area contributed by atoms with E-state index in [-0.39, 0.29) is 16.6 Å². The number of alkyl halides is 3. The van der Waals surface area contributed by atoms with E-state index in [1.165, 1.54) is 18.2 Å². The minimum absolute atomic E-state index is 0.0844. The maximum atomic E-state index is 13.2. The van der Waals surface area contributed by atoms with Gasteiger partial charge in [-0.2, -0.15) is 13.2 Å². The molecule has 0 saturated heterocycles. The van der Waals surface area contributed by atoms with Gasteiger partial charge in [-0.15, -0.1) is 0 Å². The van der Waals surface area contributed by atoms with Crippen LogP contribution in [0.1, 0.15) is 16.1 Å². The first-order valence-electron chi connectivity index (χ1n) is 8.09. The highest BCUT2D eigenvalue weighted by molar-refractivity contribution is 14.1. The van der Waals surface area contributed by atoms with Crippen LogP contribution >= 0.6 is 58.0 Å². The van der Waals surface area contributed by atoms with E-state index in [2.05, 4.69) is 10.6 Å². The van der Waals surface area contributed by atoms with Gasteiger partial charge >= 0.3 is 6.18 Å². The Hall–Kier alpha value is -1.82. The van der Waals surface area contributed by atoms with Crippen molar-refractivity contribution in [2.24, 2.45) is 0 Å². The second kappa shape index (κ2) is 9.13. The van der Waals surface area contributed by atoms with Crippen molar-refractivity contribution >= 4 is 74.7 Å². The van der Waals surface area contributed by atoms with E-state index in [0.29, 0.717) is 24.9 Å². The van der Waals surface area contributed by atoms with Crippen molar-refractivity contribution in [2.75, 3.05) is 5.32 Å². The lowest BCUT2D eigenvalue weighted by atomic mass is 10.1. The molecule has 1 amide bonds. The monoisotopic (exact) mass is 584 g/mol. The Bertz CT molecular complexity index is 1140. The largest absolute Gasteiger partial charge is 0.451 e. The number of hydrogen-bond acceptors (Lipinski definition) is 3. The number of carbonyl (C=O) groups excluding carboxylic acids is 1. The molecule has 0 aliphatic carbocycles. The third-order valence-electron chi connectivity index (χ3n) is 3.80. The average Bonchev–Trinajstić information content (AvgIpc) is 3.15. The third kappa shape index (κ3) is 5.45. The van der Waals surface area contributed by atoms with E-state index >= 15 is 0 Å². The molecule has 0 fully saturated rings. The Labute approximate surface area is 197 Å². The van der Waals surface area contributed by atoms with E-state index in [1.807, 2.05) is 0 Å². The topological polar surface area (TPSA) is 54.3 Å². The second-order valence-electron chi connectivity index (χ2n) is 5.89. The Morgan fingerprint density at radius 1 is 1.03 bits per heavy atom. The summed E-state index contributed by atoms with van der Waals surface area (Å²) in [6.45, 7) is 0. The number of rotatable bonds is 3. The van der Waals surface area contributed by atoms with E-state index in [9.17, 15) is 18.0 Å². The maximum absolute atomic E-state index is 13.2.